The molecule has 2 heterocycles. The lowest BCUT2D eigenvalue weighted by Crippen LogP contribution is -2.40. The van der Waals surface area contributed by atoms with E-state index in [0.29, 0.717) is 23.0 Å². The minimum Gasteiger partial charge on any atom is -0.452 e. The van der Waals surface area contributed by atoms with Crippen LogP contribution >= 0.6 is 0 Å². The molecule has 1 atom stereocenters. The standard InChI is InChI=1S/C18H19FN2O5S/c1-11-15(7-12-3-4-13(19)8-16(12)20-11)18(23)26-9-17(22)21(2)14-5-6-27(24,25)10-14/h3-4,7-8,14H,5-6,9-10H2,1-2H3. The Morgan fingerprint density at radius 1 is 1.33 bits per heavy atom. The predicted octanol–water partition coefficient (Wildman–Crippen LogP) is 1.48. The van der Waals surface area contributed by atoms with Crippen molar-refractivity contribution in [2.45, 2.75) is 19.4 Å². The molecule has 1 saturated heterocycles. The summed E-state index contributed by atoms with van der Waals surface area (Å²) in [5.41, 5.74) is 0.969. The molecule has 1 aromatic heterocycles. The Kier molecular flexibility index (Phi) is 5.14. The third-order valence-electron chi connectivity index (χ3n) is 4.67. The highest BCUT2D eigenvalue weighted by Crippen LogP contribution is 2.19. The maximum Gasteiger partial charge on any atom is 0.340 e. The quantitative estimate of drug-likeness (QED) is 0.730. The average Bonchev–Trinajstić information content (AvgIpc) is 2.97. The average molecular weight is 394 g/mol. The highest BCUT2D eigenvalue weighted by molar-refractivity contribution is 7.91. The molecule has 27 heavy (non-hydrogen) atoms. The molecule has 1 fully saturated rings. The minimum absolute atomic E-state index is 0.0532. The van der Waals surface area contributed by atoms with Gasteiger partial charge in [0.25, 0.3) is 5.91 Å². The van der Waals surface area contributed by atoms with E-state index in [0.717, 1.165) is 0 Å². The van der Waals surface area contributed by atoms with Crippen molar-refractivity contribution in [1.29, 1.82) is 0 Å². The van der Waals surface area contributed by atoms with Crippen LogP contribution in [0.15, 0.2) is 24.3 Å². The van der Waals surface area contributed by atoms with E-state index in [1.165, 1.54) is 36.2 Å². The van der Waals surface area contributed by atoms with Gasteiger partial charge in [0.2, 0.25) is 0 Å². The molecule has 9 heteroatoms. The first-order chi connectivity index (χ1) is 12.7. The van der Waals surface area contributed by atoms with Crippen molar-refractivity contribution >= 4 is 32.6 Å². The lowest BCUT2D eigenvalue weighted by molar-refractivity contribution is -0.134. The number of ether oxygens (including phenoxy) is 1. The van der Waals surface area contributed by atoms with Gasteiger partial charge in [-0.15, -0.1) is 0 Å². The number of aromatic nitrogens is 1. The van der Waals surface area contributed by atoms with E-state index in [2.05, 4.69) is 4.98 Å². The number of carbonyl (C=O) groups excluding carboxylic acids is 2. The Balaban J connectivity index is 1.67. The second-order valence-corrected chi connectivity index (χ2v) is 8.82. The summed E-state index contributed by atoms with van der Waals surface area (Å²) in [5, 5.41) is 0.577. The minimum atomic E-state index is -3.11. The smallest absolute Gasteiger partial charge is 0.340 e. The number of nitrogens with zero attached hydrogens (tertiary/aromatic N) is 2. The molecule has 3 rings (SSSR count). The first-order valence-electron chi connectivity index (χ1n) is 8.36. The zero-order valence-electron chi connectivity index (χ0n) is 14.9. The second-order valence-electron chi connectivity index (χ2n) is 6.60. The van der Waals surface area contributed by atoms with E-state index in [-0.39, 0.29) is 17.1 Å². The van der Waals surface area contributed by atoms with Crippen molar-refractivity contribution in [3.05, 3.63) is 41.3 Å². The van der Waals surface area contributed by atoms with E-state index in [9.17, 15) is 22.4 Å². The molecule has 0 saturated carbocycles. The summed E-state index contributed by atoms with van der Waals surface area (Å²) in [5.74, 6) is -1.64. The number of benzene rings is 1. The van der Waals surface area contributed by atoms with Crippen LogP contribution < -0.4 is 0 Å². The van der Waals surface area contributed by atoms with Gasteiger partial charge in [-0.1, -0.05) is 0 Å². The molecule has 2 aromatic rings. The summed E-state index contributed by atoms with van der Waals surface area (Å²) in [4.78, 5) is 30.0. The summed E-state index contributed by atoms with van der Waals surface area (Å²) in [6.45, 7) is 1.10. The Morgan fingerprint density at radius 3 is 2.74 bits per heavy atom. The summed E-state index contributed by atoms with van der Waals surface area (Å²) in [6.07, 6.45) is 0.378. The maximum atomic E-state index is 13.3. The molecular formula is C18H19FN2O5S. The van der Waals surface area contributed by atoms with Crippen LogP contribution in [-0.2, 0) is 19.4 Å². The molecular weight excluding hydrogens is 375 g/mol. The summed E-state index contributed by atoms with van der Waals surface area (Å²) in [6, 6.07) is 5.18. The van der Waals surface area contributed by atoms with Crippen LogP contribution in [-0.4, -0.2) is 61.4 Å². The van der Waals surface area contributed by atoms with Crippen molar-refractivity contribution in [3.63, 3.8) is 0 Å². The molecule has 0 N–H and O–H groups in total. The lowest BCUT2D eigenvalue weighted by atomic mass is 10.1. The van der Waals surface area contributed by atoms with Crippen LogP contribution in [0.1, 0.15) is 22.5 Å². The SMILES string of the molecule is Cc1nc2cc(F)ccc2cc1C(=O)OCC(=O)N(C)C1CCS(=O)(=O)C1. The van der Waals surface area contributed by atoms with Crippen molar-refractivity contribution in [2.75, 3.05) is 25.2 Å². The fourth-order valence-corrected chi connectivity index (χ4v) is 4.81. The number of sulfone groups is 1. The molecule has 0 radical (unpaired) electrons. The van der Waals surface area contributed by atoms with Crippen molar-refractivity contribution in [3.8, 4) is 0 Å². The van der Waals surface area contributed by atoms with Gasteiger partial charge in [0.05, 0.1) is 28.3 Å². The predicted molar refractivity (Wildman–Crippen MR) is 96.5 cm³/mol. The van der Waals surface area contributed by atoms with Gasteiger partial charge >= 0.3 is 5.97 Å². The van der Waals surface area contributed by atoms with Crippen molar-refractivity contribution < 1.29 is 27.1 Å². The molecule has 144 valence electrons. The van der Waals surface area contributed by atoms with Crippen LogP contribution in [0.2, 0.25) is 0 Å². The van der Waals surface area contributed by atoms with E-state index >= 15 is 0 Å². The Bertz CT molecular complexity index is 1020. The second kappa shape index (κ2) is 7.22. The normalized spacial score (nSPS) is 18.4. The number of hydrogen-bond donors (Lipinski definition) is 0. The van der Waals surface area contributed by atoms with Gasteiger partial charge in [-0.3, -0.25) is 9.78 Å². The molecule has 0 bridgehead atoms. The van der Waals surface area contributed by atoms with Crippen LogP contribution in [0, 0.1) is 12.7 Å². The van der Waals surface area contributed by atoms with Crippen LogP contribution in [0.3, 0.4) is 0 Å². The fourth-order valence-electron chi connectivity index (χ4n) is 3.03. The fraction of sp³-hybridized carbons (Fsp3) is 0.389. The first kappa shape index (κ1) is 19.2. The molecule has 1 amide bonds. The molecule has 1 aromatic carbocycles. The highest BCUT2D eigenvalue weighted by Gasteiger charge is 2.33. The van der Waals surface area contributed by atoms with Gasteiger partial charge in [0, 0.05) is 24.5 Å². The molecule has 1 aliphatic heterocycles. The zero-order valence-corrected chi connectivity index (χ0v) is 15.8. The number of hydrogen-bond acceptors (Lipinski definition) is 6. The summed E-state index contributed by atoms with van der Waals surface area (Å²) >= 11 is 0. The van der Waals surface area contributed by atoms with Gasteiger partial charge < -0.3 is 9.64 Å². The Labute approximate surface area is 156 Å². The van der Waals surface area contributed by atoms with Gasteiger partial charge in [-0.25, -0.2) is 17.6 Å². The van der Waals surface area contributed by atoms with Crippen LogP contribution in [0.5, 0.6) is 0 Å². The third-order valence-corrected chi connectivity index (χ3v) is 6.42. The number of aryl methyl sites for hydroxylation is 1. The number of fused-ring (bicyclic) bond motifs is 1. The first-order valence-corrected chi connectivity index (χ1v) is 10.2. The highest BCUT2D eigenvalue weighted by atomic mass is 32.2. The van der Waals surface area contributed by atoms with Crippen molar-refractivity contribution in [2.24, 2.45) is 0 Å². The van der Waals surface area contributed by atoms with E-state index in [1.807, 2.05) is 0 Å². The third kappa shape index (κ3) is 4.24. The number of esters is 1. The Morgan fingerprint density at radius 2 is 2.07 bits per heavy atom. The van der Waals surface area contributed by atoms with Gasteiger partial charge in [0.1, 0.15) is 5.82 Å². The number of rotatable bonds is 4. The lowest BCUT2D eigenvalue weighted by Gasteiger charge is -2.23. The van der Waals surface area contributed by atoms with E-state index in [1.54, 1.807) is 6.92 Å². The molecule has 1 aliphatic rings. The maximum absolute atomic E-state index is 13.3. The van der Waals surface area contributed by atoms with Gasteiger partial charge in [-0.05, 0) is 31.5 Å². The molecule has 0 spiro atoms. The van der Waals surface area contributed by atoms with Gasteiger partial charge in [0.15, 0.2) is 16.4 Å². The topological polar surface area (TPSA) is 93.6 Å². The number of pyridine rings is 1. The number of halogens is 1. The zero-order chi connectivity index (χ0) is 19.8. The number of likely N-dealkylation sites (N-methyl/N-ethyl adjacent to an activating group) is 1. The van der Waals surface area contributed by atoms with Crippen LogP contribution in [0.25, 0.3) is 10.9 Å². The molecule has 0 aliphatic carbocycles. The summed E-state index contributed by atoms with van der Waals surface area (Å²) < 4.78 is 41.4. The van der Waals surface area contributed by atoms with E-state index < -0.39 is 40.2 Å². The molecule has 7 nitrogen and oxygen atoms in total. The molecule has 1 unspecified atom stereocenters. The largest absolute Gasteiger partial charge is 0.452 e. The van der Waals surface area contributed by atoms with Crippen molar-refractivity contribution in [1.82, 2.24) is 9.88 Å². The number of carbonyl (C=O) groups is 2. The van der Waals surface area contributed by atoms with Crippen LogP contribution in [0.4, 0.5) is 4.39 Å². The summed E-state index contributed by atoms with van der Waals surface area (Å²) in [7, 11) is -1.62. The Hall–Kier alpha value is -2.55. The van der Waals surface area contributed by atoms with E-state index in [4.69, 9.17) is 4.74 Å². The number of amides is 1. The monoisotopic (exact) mass is 394 g/mol. The van der Waals surface area contributed by atoms with Gasteiger partial charge in [-0.2, -0.15) is 0 Å².